The van der Waals surface area contributed by atoms with Gasteiger partial charge in [0.25, 0.3) is 0 Å². The maximum Gasteiger partial charge on any atom is 0.118 e. The molecule has 0 aliphatic heterocycles. The number of nitrogens with zero attached hydrogens (tertiary/aromatic N) is 1. The standard InChI is InChI=1S/C10H19N3OS/c1-3-4-9(14)7-11-6-8-5-10(15-2)13-12-8/h5,9,11,14H,3-4,6-7H2,1-2H3,(H,12,13). The summed E-state index contributed by atoms with van der Waals surface area (Å²) in [5, 5.41) is 20.7. The van der Waals surface area contributed by atoms with E-state index in [1.807, 2.05) is 12.3 Å². The fraction of sp³-hybridized carbons (Fsp3) is 0.700. The molecule has 0 aliphatic carbocycles. The molecule has 0 fully saturated rings. The van der Waals surface area contributed by atoms with Gasteiger partial charge in [0.15, 0.2) is 0 Å². The summed E-state index contributed by atoms with van der Waals surface area (Å²) in [5.74, 6) is 0. The van der Waals surface area contributed by atoms with Crippen LogP contribution in [0, 0.1) is 0 Å². The summed E-state index contributed by atoms with van der Waals surface area (Å²) in [4.78, 5) is 0. The van der Waals surface area contributed by atoms with E-state index in [0.717, 1.165) is 30.1 Å². The van der Waals surface area contributed by atoms with Crippen LogP contribution in [0.1, 0.15) is 25.5 Å². The van der Waals surface area contributed by atoms with Crippen LogP contribution >= 0.6 is 11.8 Å². The molecule has 1 heterocycles. The molecule has 1 aromatic rings. The van der Waals surface area contributed by atoms with Gasteiger partial charge in [-0.2, -0.15) is 5.10 Å². The van der Waals surface area contributed by atoms with E-state index in [-0.39, 0.29) is 6.10 Å². The lowest BCUT2D eigenvalue weighted by molar-refractivity contribution is 0.160. The minimum absolute atomic E-state index is 0.238. The van der Waals surface area contributed by atoms with Crippen molar-refractivity contribution < 1.29 is 5.11 Å². The lowest BCUT2D eigenvalue weighted by Gasteiger charge is -2.09. The van der Waals surface area contributed by atoms with E-state index in [1.54, 1.807) is 11.8 Å². The number of hydrogen-bond donors (Lipinski definition) is 3. The SMILES string of the molecule is CCCC(O)CNCc1cc(SC)n[nH]1. The van der Waals surface area contributed by atoms with Crippen molar-refractivity contribution in [3.8, 4) is 0 Å². The van der Waals surface area contributed by atoms with Crippen LogP contribution in [-0.4, -0.2) is 34.2 Å². The van der Waals surface area contributed by atoms with Crippen LogP contribution < -0.4 is 5.32 Å². The Morgan fingerprint density at radius 3 is 3.07 bits per heavy atom. The van der Waals surface area contributed by atoms with Gasteiger partial charge in [0.2, 0.25) is 0 Å². The van der Waals surface area contributed by atoms with Crippen LogP contribution in [0.3, 0.4) is 0 Å². The van der Waals surface area contributed by atoms with E-state index in [0.29, 0.717) is 6.54 Å². The first-order valence-electron chi connectivity index (χ1n) is 5.23. The third-order valence-corrected chi connectivity index (χ3v) is 2.76. The predicted molar refractivity (Wildman–Crippen MR) is 63.0 cm³/mol. The van der Waals surface area contributed by atoms with Gasteiger partial charge in [-0.3, -0.25) is 5.10 Å². The maximum absolute atomic E-state index is 9.49. The number of H-pyrrole nitrogens is 1. The number of thioether (sulfide) groups is 1. The highest BCUT2D eigenvalue weighted by Crippen LogP contribution is 2.11. The first-order valence-corrected chi connectivity index (χ1v) is 6.45. The molecule has 15 heavy (non-hydrogen) atoms. The lowest BCUT2D eigenvalue weighted by Crippen LogP contribution is -2.26. The molecule has 0 bridgehead atoms. The molecule has 0 saturated heterocycles. The Morgan fingerprint density at radius 1 is 1.67 bits per heavy atom. The Hall–Kier alpha value is -0.520. The monoisotopic (exact) mass is 229 g/mol. The number of aromatic nitrogens is 2. The smallest absolute Gasteiger partial charge is 0.118 e. The summed E-state index contributed by atoms with van der Waals surface area (Å²) in [6.07, 6.45) is 3.63. The molecular weight excluding hydrogens is 210 g/mol. The van der Waals surface area contributed by atoms with E-state index < -0.39 is 0 Å². The molecule has 3 N–H and O–H groups in total. The first-order chi connectivity index (χ1) is 7.26. The van der Waals surface area contributed by atoms with Crippen molar-refractivity contribution in [1.29, 1.82) is 0 Å². The molecule has 4 nitrogen and oxygen atoms in total. The molecule has 1 aromatic heterocycles. The number of aliphatic hydroxyl groups excluding tert-OH is 1. The summed E-state index contributed by atoms with van der Waals surface area (Å²) in [6.45, 7) is 3.44. The highest BCUT2D eigenvalue weighted by atomic mass is 32.2. The second-order valence-corrected chi connectivity index (χ2v) is 4.34. The Balaban J connectivity index is 2.19. The Bertz CT molecular complexity index is 277. The van der Waals surface area contributed by atoms with Gasteiger partial charge in [0, 0.05) is 13.1 Å². The Labute approximate surface area is 94.9 Å². The quantitative estimate of drug-likeness (QED) is 0.618. The van der Waals surface area contributed by atoms with Crippen LogP contribution in [0.4, 0.5) is 0 Å². The average molecular weight is 229 g/mol. The highest BCUT2D eigenvalue weighted by Gasteiger charge is 2.03. The van der Waals surface area contributed by atoms with Crippen LogP contribution in [0.2, 0.25) is 0 Å². The van der Waals surface area contributed by atoms with Gasteiger partial charge in [0.1, 0.15) is 5.03 Å². The fourth-order valence-corrected chi connectivity index (χ4v) is 1.74. The summed E-state index contributed by atoms with van der Waals surface area (Å²) in [6, 6.07) is 2.02. The van der Waals surface area contributed by atoms with Gasteiger partial charge in [-0.05, 0) is 18.7 Å². The minimum Gasteiger partial charge on any atom is -0.392 e. The molecule has 5 heteroatoms. The van der Waals surface area contributed by atoms with Gasteiger partial charge in [-0.1, -0.05) is 13.3 Å². The third-order valence-electron chi connectivity index (χ3n) is 2.13. The molecule has 0 aliphatic rings. The topological polar surface area (TPSA) is 60.9 Å². The molecule has 0 aromatic carbocycles. The number of aliphatic hydroxyl groups is 1. The van der Waals surface area contributed by atoms with E-state index >= 15 is 0 Å². The number of nitrogens with one attached hydrogen (secondary N) is 2. The molecule has 0 amide bonds. The first kappa shape index (κ1) is 12.5. The highest BCUT2D eigenvalue weighted by molar-refractivity contribution is 7.98. The van der Waals surface area contributed by atoms with Crippen LogP contribution in [0.15, 0.2) is 11.1 Å². The van der Waals surface area contributed by atoms with Gasteiger partial charge in [-0.25, -0.2) is 0 Å². The summed E-state index contributed by atoms with van der Waals surface area (Å²) >= 11 is 1.62. The summed E-state index contributed by atoms with van der Waals surface area (Å²) < 4.78 is 0. The largest absolute Gasteiger partial charge is 0.392 e. The van der Waals surface area contributed by atoms with Crippen molar-refractivity contribution in [1.82, 2.24) is 15.5 Å². The van der Waals surface area contributed by atoms with Crippen molar-refractivity contribution >= 4 is 11.8 Å². The summed E-state index contributed by atoms with van der Waals surface area (Å²) in [5.41, 5.74) is 1.06. The van der Waals surface area contributed by atoms with Crippen LogP contribution in [0.25, 0.3) is 0 Å². The van der Waals surface area contributed by atoms with Crippen molar-refractivity contribution in [2.24, 2.45) is 0 Å². The third kappa shape index (κ3) is 4.68. The zero-order valence-corrected chi connectivity index (χ0v) is 10.1. The second kappa shape index (κ2) is 6.87. The van der Waals surface area contributed by atoms with Gasteiger partial charge in [0.05, 0.1) is 11.8 Å². The molecule has 1 rings (SSSR count). The maximum atomic E-state index is 9.49. The van der Waals surface area contributed by atoms with E-state index in [4.69, 9.17) is 0 Å². The zero-order valence-electron chi connectivity index (χ0n) is 9.29. The minimum atomic E-state index is -0.238. The Kier molecular flexibility index (Phi) is 5.75. The van der Waals surface area contributed by atoms with E-state index in [2.05, 4.69) is 22.4 Å². The number of hydrogen-bond acceptors (Lipinski definition) is 4. The zero-order chi connectivity index (χ0) is 11.1. The molecule has 1 atom stereocenters. The second-order valence-electron chi connectivity index (χ2n) is 3.51. The van der Waals surface area contributed by atoms with Crippen LogP contribution in [0.5, 0.6) is 0 Å². The van der Waals surface area contributed by atoms with Crippen molar-refractivity contribution in [2.45, 2.75) is 37.4 Å². The molecule has 0 spiro atoms. The van der Waals surface area contributed by atoms with E-state index in [1.165, 1.54) is 0 Å². The van der Waals surface area contributed by atoms with Crippen molar-refractivity contribution in [2.75, 3.05) is 12.8 Å². The lowest BCUT2D eigenvalue weighted by atomic mass is 10.2. The van der Waals surface area contributed by atoms with Crippen LogP contribution in [-0.2, 0) is 6.54 Å². The molecule has 0 radical (unpaired) electrons. The average Bonchev–Trinajstić information content (AvgIpc) is 2.66. The molecular formula is C10H19N3OS. The summed E-state index contributed by atoms with van der Waals surface area (Å²) in [7, 11) is 0. The molecule has 1 unspecified atom stereocenters. The molecule has 0 saturated carbocycles. The fourth-order valence-electron chi connectivity index (χ4n) is 1.34. The predicted octanol–water partition coefficient (Wildman–Crippen LogP) is 1.38. The van der Waals surface area contributed by atoms with E-state index in [9.17, 15) is 5.11 Å². The normalized spacial score (nSPS) is 13.0. The van der Waals surface area contributed by atoms with Gasteiger partial charge < -0.3 is 10.4 Å². The van der Waals surface area contributed by atoms with Gasteiger partial charge in [-0.15, -0.1) is 11.8 Å². The van der Waals surface area contributed by atoms with Crippen molar-refractivity contribution in [3.05, 3.63) is 11.8 Å². The van der Waals surface area contributed by atoms with Crippen molar-refractivity contribution in [3.63, 3.8) is 0 Å². The molecule has 86 valence electrons. The Morgan fingerprint density at radius 2 is 2.47 bits per heavy atom. The van der Waals surface area contributed by atoms with Gasteiger partial charge >= 0.3 is 0 Å². The number of rotatable bonds is 7. The number of aromatic amines is 1.